The maximum Gasteiger partial charge on any atom is 0.147 e. The van der Waals surface area contributed by atoms with Gasteiger partial charge in [-0.1, -0.05) is 12.1 Å². The highest BCUT2D eigenvalue weighted by atomic mass is 19.1. The van der Waals surface area contributed by atoms with Crippen molar-refractivity contribution in [2.45, 2.75) is 6.92 Å². The van der Waals surface area contributed by atoms with Gasteiger partial charge in [0.15, 0.2) is 0 Å². The van der Waals surface area contributed by atoms with Crippen molar-refractivity contribution in [3.05, 3.63) is 35.8 Å². The molecule has 2 aromatic heterocycles. The number of nitrogens with zero attached hydrogens (tertiary/aromatic N) is 3. The van der Waals surface area contributed by atoms with Crippen LogP contribution in [0.15, 0.2) is 24.3 Å². The predicted octanol–water partition coefficient (Wildman–Crippen LogP) is 2.61. The molecule has 0 amide bonds. The van der Waals surface area contributed by atoms with Crippen LogP contribution in [0.4, 0.5) is 10.2 Å². The summed E-state index contributed by atoms with van der Waals surface area (Å²) in [5, 5.41) is 5.25. The Kier molecular flexibility index (Phi) is 2.38. The molecule has 0 spiro atoms. The molecule has 0 aliphatic carbocycles. The second-order valence-electron chi connectivity index (χ2n) is 4.73. The molecule has 0 bridgehead atoms. The number of hydrogen-bond donors (Lipinski definition) is 1. The van der Waals surface area contributed by atoms with E-state index in [9.17, 15) is 4.39 Å². The lowest BCUT2D eigenvalue weighted by molar-refractivity contribution is 0.631. The smallest absolute Gasteiger partial charge is 0.147 e. The molecule has 0 aliphatic heterocycles. The minimum Gasteiger partial charge on any atom is -0.384 e. The van der Waals surface area contributed by atoms with Gasteiger partial charge in [-0.15, -0.1) is 0 Å². The number of halogens is 1. The number of nitrogens with two attached hydrogens (primary N) is 1. The first kappa shape index (κ1) is 11.8. The van der Waals surface area contributed by atoms with Crippen molar-refractivity contribution in [2.24, 2.45) is 14.1 Å². The number of para-hydroxylation sites is 1. The first-order valence-electron chi connectivity index (χ1n) is 6.04. The molecule has 0 aliphatic rings. The molecule has 0 unspecified atom stereocenters. The summed E-state index contributed by atoms with van der Waals surface area (Å²) in [5.41, 5.74) is 9.10. The van der Waals surface area contributed by atoms with Crippen molar-refractivity contribution in [3.63, 3.8) is 0 Å². The quantitative estimate of drug-likeness (QED) is 0.729. The number of rotatable bonds is 1. The van der Waals surface area contributed by atoms with Gasteiger partial charge in [0, 0.05) is 36.8 Å². The predicted molar refractivity (Wildman–Crippen MR) is 74.2 cm³/mol. The van der Waals surface area contributed by atoms with Gasteiger partial charge in [0.1, 0.15) is 11.6 Å². The van der Waals surface area contributed by atoms with E-state index in [0.29, 0.717) is 11.3 Å². The summed E-state index contributed by atoms with van der Waals surface area (Å²) in [7, 11) is 3.65. The second kappa shape index (κ2) is 3.85. The van der Waals surface area contributed by atoms with Crippen molar-refractivity contribution in [2.75, 3.05) is 5.73 Å². The number of hydrogen-bond acceptors (Lipinski definition) is 2. The number of nitrogen functional groups attached to an aromatic ring is 1. The van der Waals surface area contributed by atoms with E-state index < -0.39 is 0 Å². The van der Waals surface area contributed by atoms with Gasteiger partial charge in [-0.05, 0) is 13.0 Å². The van der Waals surface area contributed by atoms with Crippen LogP contribution in [-0.4, -0.2) is 14.3 Å². The number of aromatic nitrogens is 3. The van der Waals surface area contributed by atoms with Crippen LogP contribution in [0.1, 0.15) is 5.69 Å². The van der Waals surface area contributed by atoms with E-state index in [-0.39, 0.29) is 5.82 Å². The van der Waals surface area contributed by atoms with Crippen molar-refractivity contribution in [1.29, 1.82) is 0 Å². The molecule has 0 atom stereocenters. The van der Waals surface area contributed by atoms with Gasteiger partial charge in [0.05, 0.1) is 11.2 Å². The second-order valence-corrected chi connectivity index (χ2v) is 4.73. The zero-order valence-electron chi connectivity index (χ0n) is 11.1. The van der Waals surface area contributed by atoms with E-state index in [1.54, 1.807) is 17.8 Å². The fourth-order valence-electron chi connectivity index (χ4n) is 2.52. The molecule has 1 aromatic carbocycles. The van der Waals surface area contributed by atoms with Crippen molar-refractivity contribution in [1.82, 2.24) is 14.3 Å². The average Bonchev–Trinajstić information content (AvgIpc) is 2.80. The van der Waals surface area contributed by atoms with E-state index >= 15 is 0 Å². The van der Waals surface area contributed by atoms with E-state index in [4.69, 9.17) is 5.73 Å². The molecule has 19 heavy (non-hydrogen) atoms. The molecule has 4 nitrogen and oxygen atoms in total. The average molecular weight is 258 g/mol. The summed E-state index contributed by atoms with van der Waals surface area (Å²) in [6.07, 6.45) is 0. The van der Waals surface area contributed by atoms with E-state index in [1.165, 1.54) is 6.07 Å². The Morgan fingerprint density at radius 2 is 2.00 bits per heavy atom. The lowest BCUT2D eigenvalue weighted by atomic mass is 10.1. The largest absolute Gasteiger partial charge is 0.384 e. The Hall–Kier alpha value is -2.30. The molecule has 3 rings (SSSR count). The minimum atomic E-state index is -0.224. The molecule has 2 heterocycles. The van der Waals surface area contributed by atoms with E-state index in [1.807, 2.05) is 30.7 Å². The Bertz CT molecular complexity index is 763. The standard InChI is InChI=1S/C14H15FN4/c1-8-13(11-7-12(16)19(3)17-11)9-5-4-6-10(15)14(9)18(8)2/h4-7H,16H2,1-3H3. The number of anilines is 1. The highest BCUT2D eigenvalue weighted by Gasteiger charge is 2.18. The van der Waals surface area contributed by atoms with Gasteiger partial charge < -0.3 is 10.3 Å². The van der Waals surface area contributed by atoms with Gasteiger partial charge >= 0.3 is 0 Å². The fraction of sp³-hybridized carbons (Fsp3) is 0.214. The Balaban J connectivity index is 2.41. The summed E-state index contributed by atoms with van der Waals surface area (Å²) < 4.78 is 17.4. The summed E-state index contributed by atoms with van der Waals surface area (Å²) >= 11 is 0. The number of benzene rings is 1. The third-order valence-corrected chi connectivity index (χ3v) is 3.63. The fourth-order valence-corrected chi connectivity index (χ4v) is 2.52. The molecule has 3 aromatic rings. The molecule has 0 saturated carbocycles. The lowest BCUT2D eigenvalue weighted by Gasteiger charge is -1.99. The van der Waals surface area contributed by atoms with Gasteiger partial charge in [-0.2, -0.15) is 5.10 Å². The normalized spacial score (nSPS) is 11.4. The van der Waals surface area contributed by atoms with Crippen molar-refractivity contribution < 1.29 is 4.39 Å². The first-order chi connectivity index (χ1) is 9.00. The maximum atomic E-state index is 14.0. The molecular formula is C14H15FN4. The van der Waals surface area contributed by atoms with Crippen LogP contribution in [0.25, 0.3) is 22.2 Å². The Morgan fingerprint density at radius 1 is 1.26 bits per heavy atom. The molecule has 0 saturated heterocycles. The van der Waals surface area contributed by atoms with Gasteiger partial charge in [-0.25, -0.2) is 4.39 Å². The van der Waals surface area contributed by atoms with Crippen LogP contribution < -0.4 is 5.73 Å². The van der Waals surface area contributed by atoms with Gasteiger partial charge in [-0.3, -0.25) is 4.68 Å². The lowest BCUT2D eigenvalue weighted by Crippen LogP contribution is -1.96. The maximum absolute atomic E-state index is 14.0. The molecule has 5 heteroatoms. The summed E-state index contributed by atoms with van der Waals surface area (Å²) in [6, 6.07) is 6.91. The van der Waals surface area contributed by atoms with Gasteiger partial charge in [0.2, 0.25) is 0 Å². The molecule has 0 fully saturated rings. The molecular weight excluding hydrogens is 243 g/mol. The van der Waals surface area contributed by atoms with E-state index in [0.717, 1.165) is 22.3 Å². The monoisotopic (exact) mass is 258 g/mol. The summed E-state index contributed by atoms with van der Waals surface area (Å²) in [5.74, 6) is 0.362. The number of aryl methyl sites for hydroxylation is 2. The Morgan fingerprint density at radius 3 is 2.63 bits per heavy atom. The third kappa shape index (κ3) is 1.54. The van der Waals surface area contributed by atoms with Crippen LogP contribution in [0.2, 0.25) is 0 Å². The molecule has 0 radical (unpaired) electrons. The van der Waals surface area contributed by atoms with Crippen molar-refractivity contribution >= 4 is 16.7 Å². The van der Waals surface area contributed by atoms with Crippen LogP contribution >= 0.6 is 0 Å². The Labute approximate surface area is 110 Å². The van der Waals surface area contributed by atoms with Crippen LogP contribution in [0.3, 0.4) is 0 Å². The molecule has 2 N–H and O–H groups in total. The van der Waals surface area contributed by atoms with Crippen LogP contribution in [0, 0.1) is 12.7 Å². The van der Waals surface area contributed by atoms with E-state index in [2.05, 4.69) is 5.10 Å². The van der Waals surface area contributed by atoms with Gasteiger partial charge in [0.25, 0.3) is 0 Å². The van der Waals surface area contributed by atoms with Crippen LogP contribution in [0.5, 0.6) is 0 Å². The zero-order chi connectivity index (χ0) is 13.7. The zero-order valence-corrected chi connectivity index (χ0v) is 11.1. The topological polar surface area (TPSA) is 48.8 Å². The highest BCUT2D eigenvalue weighted by molar-refractivity contribution is 5.97. The van der Waals surface area contributed by atoms with Crippen molar-refractivity contribution in [3.8, 4) is 11.3 Å². The number of fused-ring (bicyclic) bond motifs is 1. The van der Waals surface area contributed by atoms with Crippen LogP contribution in [-0.2, 0) is 14.1 Å². The summed E-state index contributed by atoms with van der Waals surface area (Å²) in [4.78, 5) is 0. The third-order valence-electron chi connectivity index (χ3n) is 3.63. The SMILES string of the molecule is Cc1c(-c2cc(N)n(C)n2)c2cccc(F)c2n1C. The summed E-state index contributed by atoms with van der Waals surface area (Å²) in [6.45, 7) is 1.96. The molecule has 98 valence electrons. The highest BCUT2D eigenvalue weighted by Crippen LogP contribution is 2.34. The minimum absolute atomic E-state index is 0.224. The first-order valence-corrected chi connectivity index (χ1v) is 6.04.